The highest BCUT2D eigenvalue weighted by atomic mass is 79.9. The summed E-state index contributed by atoms with van der Waals surface area (Å²) in [5.74, 6) is 3.19. The molecule has 1 atom stereocenters. The predicted molar refractivity (Wildman–Crippen MR) is 89.7 cm³/mol. The number of nitrogens with zero attached hydrogens (tertiary/aromatic N) is 3. The standard InChI is InChI=1S/C16H25BrN4/c1-12(11-21-7-3-2-4-8-21)10-18-15-9-14(17)19-16(20-15)13-5-6-13/h9,12-13H,2-8,10-11H2,1H3,(H,18,19,20). The molecule has 21 heavy (non-hydrogen) atoms. The van der Waals surface area contributed by atoms with Gasteiger partial charge in [0.05, 0.1) is 0 Å². The first-order valence-corrected chi connectivity index (χ1v) is 9.01. The Morgan fingerprint density at radius 1 is 1.29 bits per heavy atom. The fourth-order valence-corrected chi connectivity index (χ4v) is 3.37. The summed E-state index contributed by atoms with van der Waals surface area (Å²) in [4.78, 5) is 11.7. The molecule has 1 N–H and O–H groups in total. The van der Waals surface area contributed by atoms with Crippen LogP contribution in [0.4, 0.5) is 5.82 Å². The zero-order chi connectivity index (χ0) is 14.7. The van der Waals surface area contributed by atoms with Crippen LogP contribution in [-0.4, -0.2) is 41.0 Å². The molecule has 1 unspecified atom stereocenters. The summed E-state index contributed by atoms with van der Waals surface area (Å²) in [6.45, 7) is 7.03. The highest BCUT2D eigenvalue weighted by molar-refractivity contribution is 9.10. The summed E-state index contributed by atoms with van der Waals surface area (Å²) >= 11 is 3.50. The van der Waals surface area contributed by atoms with E-state index in [0.717, 1.165) is 22.8 Å². The topological polar surface area (TPSA) is 41.1 Å². The van der Waals surface area contributed by atoms with Gasteiger partial charge in [-0.05, 0) is 60.6 Å². The summed E-state index contributed by atoms with van der Waals surface area (Å²) < 4.78 is 0.894. The Balaban J connectivity index is 1.49. The van der Waals surface area contributed by atoms with Gasteiger partial charge in [0.1, 0.15) is 16.2 Å². The van der Waals surface area contributed by atoms with Gasteiger partial charge in [-0.25, -0.2) is 9.97 Å². The van der Waals surface area contributed by atoms with Gasteiger partial charge in [-0.15, -0.1) is 0 Å². The number of piperidine rings is 1. The monoisotopic (exact) mass is 352 g/mol. The maximum Gasteiger partial charge on any atom is 0.135 e. The van der Waals surface area contributed by atoms with E-state index >= 15 is 0 Å². The Morgan fingerprint density at radius 3 is 2.76 bits per heavy atom. The second-order valence-electron chi connectivity index (χ2n) is 6.56. The van der Waals surface area contributed by atoms with E-state index in [1.54, 1.807) is 0 Å². The van der Waals surface area contributed by atoms with Gasteiger partial charge in [-0.2, -0.15) is 0 Å². The van der Waals surface area contributed by atoms with Gasteiger partial charge in [0.15, 0.2) is 0 Å². The van der Waals surface area contributed by atoms with Crippen LogP contribution in [0.1, 0.15) is 50.8 Å². The number of aromatic nitrogens is 2. The Bertz CT molecular complexity index is 469. The molecular weight excluding hydrogens is 328 g/mol. The third kappa shape index (κ3) is 4.65. The highest BCUT2D eigenvalue weighted by Crippen LogP contribution is 2.38. The van der Waals surface area contributed by atoms with E-state index in [9.17, 15) is 0 Å². The van der Waals surface area contributed by atoms with Crippen LogP contribution in [0, 0.1) is 5.92 Å². The van der Waals surface area contributed by atoms with Crippen LogP contribution in [0.5, 0.6) is 0 Å². The van der Waals surface area contributed by atoms with Crippen molar-refractivity contribution in [3.63, 3.8) is 0 Å². The summed E-state index contributed by atoms with van der Waals surface area (Å²) in [6.07, 6.45) is 6.61. The summed E-state index contributed by atoms with van der Waals surface area (Å²) in [6, 6.07) is 1.99. The van der Waals surface area contributed by atoms with Crippen molar-refractivity contribution in [2.75, 3.05) is 31.5 Å². The minimum Gasteiger partial charge on any atom is -0.370 e. The van der Waals surface area contributed by atoms with E-state index in [-0.39, 0.29) is 0 Å². The lowest BCUT2D eigenvalue weighted by atomic mass is 10.1. The van der Waals surface area contributed by atoms with Crippen LogP contribution in [-0.2, 0) is 0 Å². The number of rotatable bonds is 6. The number of anilines is 1. The van der Waals surface area contributed by atoms with Crippen molar-refractivity contribution in [2.45, 2.75) is 44.9 Å². The van der Waals surface area contributed by atoms with Crippen LogP contribution >= 0.6 is 15.9 Å². The quantitative estimate of drug-likeness (QED) is 0.793. The van der Waals surface area contributed by atoms with Crippen molar-refractivity contribution < 1.29 is 0 Å². The maximum absolute atomic E-state index is 4.65. The van der Waals surface area contributed by atoms with Crippen molar-refractivity contribution in [2.24, 2.45) is 5.92 Å². The molecule has 1 aromatic rings. The molecule has 2 heterocycles. The molecule has 1 saturated heterocycles. The average Bonchev–Trinajstić information content (AvgIpc) is 3.30. The zero-order valence-electron chi connectivity index (χ0n) is 12.8. The first kappa shape index (κ1) is 15.2. The Labute approximate surface area is 135 Å². The lowest BCUT2D eigenvalue weighted by Crippen LogP contribution is -2.35. The van der Waals surface area contributed by atoms with Crippen LogP contribution in [0.25, 0.3) is 0 Å². The van der Waals surface area contributed by atoms with Crippen molar-refractivity contribution in [1.29, 1.82) is 0 Å². The number of hydrogen-bond donors (Lipinski definition) is 1. The minimum absolute atomic E-state index is 0.592. The van der Waals surface area contributed by atoms with Crippen molar-refractivity contribution in [1.82, 2.24) is 14.9 Å². The fourth-order valence-electron chi connectivity index (χ4n) is 2.98. The molecule has 0 amide bonds. The lowest BCUT2D eigenvalue weighted by Gasteiger charge is -2.29. The largest absolute Gasteiger partial charge is 0.370 e. The fraction of sp³-hybridized carbons (Fsp3) is 0.750. The van der Waals surface area contributed by atoms with E-state index in [4.69, 9.17) is 0 Å². The molecule has 1 saturated carbocycles. The van der Waals surface area contributed by atoms with E-state index in [1.165, 1.54) is 51.7 Å². The summed E-state index contributed by atoms with van der Waals surface area (Å²) in [7, 11) is 0. The van der Waals surface area contributed by atoms with Crippen LogP contribution in [0.15, 0.2) is 10.7 Å². The van der Waals surface area contributed by atoms with Gasteiger partial charge in [0.25, 0.3) is 0 Å². The second-order valence-corrected chi connectivity index (χ2v) is 7.37. The van der Waals surface area contributed by atoms with Crippen LogP contribution in [0.2, 0.25) is 0 Å². The normalized spacial score (nSPS) is 21.2. The Morgan fingerprint density at radius 2 is 2.05 bits per heavy atom. The molecule has 4 nitrogen and oxygen atoms in total. The van der Waals surface area contributed by atoms with Gasteiger partial charge in [-0.3, -0.25) is 0 Å². The molecule has 5 heteroatoms. The SMILES string of the molecule is CC(CNc1cc(Br)nc(C2CC2)n1)CN1CCCCC1. The summed E-state index contributed by atoms with van der Waals surface area (Å²) in [5, 5.41) is 3.49. The predicted octanol–water partition coefficient (Wildman–Crippen LogP) is 3.65. The highest BCUT2D eigenvalue weighted by Gasteiger charge is 2.27. The number of halogens is 1. The third-order valence-electron chi connectivity index (χ3n) is 4.30. The lowest BCUT2D eigenvalue weighted by molar-refractivity contribution is 0.204. The molecule has 116 valence electrons. The molecule has 1 aliphatic heterocycles. The Kier molecular flexibility index (Phi) is 5.11. The van der Waals surface area contributed by atoms with E-state index in [2.05, 4.69) is 43.0 Å². The average molecular weight is 353 g/mol. The van der Waals surface area contributed by atoms with Crippen molar-refractivity contribution >= 4 is 21.7 Å². The number of nitrogens with one attached hydrogen (secondary N) is 1. The van der Waals surface area contributed by atoms with Crippen molar-refractivity contribution in [3.8, 4) is 0 Å². The molecule has 0 bridgehead atoms. The van der Waals surface area contributed by atoms with Gasteiger partial charge < -0.3 is 10.2 Å². The summed E-state index contributed by atoms with van der Waals surface area (Å²) in [5.41, 5.74) is 0. The molecule has 3 rings (SSSR count). The smallest absolute Gasteiger partial charge is 0.135 e. The number of likely N-dealkylation sites (tertiary alicyclic amines) is 1. The molecule has 1 aliphatic carbocycles. The second kappa shape index (κ2) is 7.05. The van der Waals surface area contributed by atoms with Crippen molar-refractivity contribution in [3.05, 3.63) is 16.5 Å². The molecular formula is C16H25BrN4. The number of hydrogen-bond acceptors (Lipinski definition) is 4. The van der Waals surface area contributed by atoms with Gasteiger partial charge in [0.2, 0.25) is 0 Å². The van der Waals surface area contributed by atoms with E-state index in [0.29, 0.717) is 11.8 Å². The third-order valence-corrected chi connectivity index (χ3v) is 4.71. The molecule has 0 aromatic carbocycles. The van der Waals surface area contributed by atoms with Gasteiger partial charge in [0, 0.05) is 25.1 Å². The molecule has 0 spiro atoms. The van der Waals surface area contributed by atoms with Crippen LogP contribution < -0.4 is 5.32 Å². The Hall–Kier alpha value is -0.680. The van der Waals surface area contributed by atoms with Gasteiger partial charge >= 0.3 is 0 Å². The maximum atomic E-state index is 4.65. The zero-order valence-corrected chi connectivity index (χ0v) is 14.4. The first-order valence-electron chi connectivity index (χ1n) is 8.21. The van der Waals surface area contributed by atoms with Gasteiger partial charge in [-0.1, -0.05) is 13.3 Å². The first-order chi connectivity index (χ1) is 10.2. The van der Waals surface area contributed by atoms with E-state index in [1.807, 2.05) is 6.07 Å². The molecule has 1 aromatic heterocycles. The molecule has 2 fully saturated rings. The molecule has 2 aliphatic rings. The van der Waals surface area contributed by atoms with Crippen LogP contribution in [0.3, 0.4) is 0 Å². The minimum atomic E-state index is 0.592. The van der Waals surface area contributed by atoms with E-state index < -0.39 is 0 Å². The molecule has 0 radical (unpaired) electrons.